The first-order valence-electron chi connectivity index (χ1n) is 9.62. The van der Waals surface area contributed by atoms with E-state index >= 15 is 0 Å². The minimum atomic E-state index is 0.326. The molecule has 2 aromatic rings. The molecule has 1 unspecified atom stereocenters. The van der Waals surface area contributed by atoms with Crippen LogP contribution in [0, 0.1) is 0 Å². The van der Waals surface area contributed by atoms with E-state index in [2.05, 4.69) is 38.0 Å². The molecule has 26 heavy (non-hydrogen) atoms. The Morgan fingerprint density at radius 2 is 1.65 bits per heavy atom. The van der Waals surface area contributed by atoms with Gasteiger partial charge in [-0.1, -0.05) is 6.07 Å². The van der Waals surface area contributed by atoms with Gasteiger partial charge in [-0.3, -0.25) is 0 Å². The number of rotatable bonds is 3. The van der Waals surface area contributed by atoms with Crippen LogP contribution in [0.2, 0.25) is 0 Å². The zero-order valence-electron chi connectivity index (χ0n) is 14.9. The molecular weight excluding hydrogens is 328 g/mol. The van der Waals surface area contributed by atoms with E-state index in [1.165, 1.54) is 24.8 Å². The third-order valence-corrected chi connectivity index (χ3v) is 5.57. The van der Waals surface area contributed by atoms with Crippen molar-refractivity contribution in [2.75, 3.05) is 42.6 Å². The maximum Gasteiger partial charge on any atom is 0.161 e. The molecule has 0 radical (unpaired) electrons. The molecule has 1 aromatic heterocycles. The lowest BCUT2D eigenvalue weighted by Gasteiger charge is -2.28. The second-order valence-corrected chi connectivity index (χ2v) is 7.18. The van der Waals surface area contributed by atoms with Crippen LogP contribution in [0.3, 0.4) is 0 Å². The van der Waals surface area contributed by atoms with E-state index in [9.17, 15) is 0 Å². The molecule has 2 saturated heterocycles. The zero-order valence-corrected chi connectivity index (χ0v) is 14.9. The predicted octanol–water partition coefficient (Wildman–Crippen LogP) is 3.19. The molecule has 136 valence electrons. The summed E-state index contributed by atoms with van der Waals surface area (Å²) in [6.07, 6.45) is 6.51. The van der Waals surface area contributed by atoms with E-state index in [0.717, 1.165) is 49.2 Å². The van der Waals surface area contributed by atoms with Gasteiger partial charge < -0.3 is 19.3 Å². The van der Waals surface area contributed by atoms with Crippen LogP contribution in [-0.4, -0.2) is 42.8 Å². The van der Waals surface area contributed by atoms with Crippen LogP contribution in [0.25, 0.3) is 0 Å². The SMILES string of the molecule is c1nc(N2CCCC2)cc(N2CCCC2c2ccc3c(c2)OCCO3)n1. The lowest BCUT2D eigenvalue weighted by molar-refractivity contribution is 0.171. The molecule has 3 aliphatic rings. The maximum atomic E-state index is 5.78. The maximum absolute atomic E-state index is 5.78. The van der Waals surface area contributed by atoms with E-state index in [-0.39, 0.29) is 0 Å². The van der Waals surface area contributed by atoms with Gasteiger partial charge in [-0.05, 0) is 43.4 Å². The molecule has 0 bridgehead atoms. The Morgan fingerprint density at radius 1 is 0.846 bits per heavy atom. The number of fused-ring (bicyclic) bond motifs is 1. The Labute approximate surface area is 153 Å². The lowest BCUT2D eigenvalue weighted by Crippen LogP contribution is -2.25. The topological polar surface area (TPSA) is 50.7 Å². The smallest absolute Gasteiger partial charge is 0.161 e. The molecule has 4 heterocycles. The standard InChI is InChI=1S/C20H24N4O2/c1-2-8-23(7-1)19-13-20(22-14-21-19)24-9-3-4-16(24)15-5-6-17-18(12-15)26-11-10-25-17/h5-6,12-14,16H,1-4,7-11H2. The third kappa shape index (κ3) is 2.83. The van der Waals surface area contributed by atoms with Crippen LogP contribution in [0.15, 0.2) is 30.6 Å². The van der Waals surface area contributed by atoms with Crippen molar-refractivity contribution in [2.45, 2.75) is 31.7 Å². The third-order valence-electron chi connectivity index (χ3n) is 5.57. The number of ether oxygens (including phenoxy) is 2. The fourth-order valence-electron chi connectivity index (χ4n) is 4.27. The zero-order chi connectivity index (χ0) is 17.3. The molecule has 0 amide bonds. The van der Waals surface area contributed by atoms with Crippen molar-refractivity contribution in [1.29, 1.82) is 0 Å². The quantitative estimate of drug-likeness (QED) is 0.846. The van der Waals surface area contributed by atoms with Gasteiger partial charge in [-0.25, -0.2) is 9.97 Å². The summed E-state index contributed by atoms with van der Waals surface area (Å²) < 4.78 is 11.4. The molecule has 0 spiro atoms. The molecule has 6 nitrogen and oxygen atoms in total. The molecule has 1 atom stereocenters. The number of benzene rings is 1. The normalized spacial score (nSPS) is 22.1. The van der Waals surface area contributed by atoms with Crippen LogP contribution in [0.5, 0.6) is 11.5 Å². The Bertz CT molecular complexity index is 791. The van der Waals surface area contributed by atoms with Crippen molar-refractivity contribution < 1.29 is 9.47 Å². The van der Waals surface area contributed by atoms with Gasteiger partial charge in [0.05, 0.1) is 6.04 Å². The Hall–Kier alpha value is -2.50. The molecule has 6 heteroatoms. The Balaban J connectivity index is 1.43. The summed E-state index contributed by atoms with van der Waals surface area (Å²) >= 11 is 0. The fraction of sp³-hybridized carbons (Fsp3) is 0.500. The summed E-state index contributed by atoms with van der Waals surface area (Å²) in [5, 5.41) is 0. The van der Waals surface area contributed by atoms with Gasteiger partial charge in [0.1, 0.15) is 31.2 Å². The second-order valence-electron chi connectivity index (χ2n) is 7.18. The van der Waals surface area contributed by atoms with Crippen LogP contribution in [0.4, 0.5) is 11.6 Å². The van der Waals surface area contributed by atoms with E-state index in [0.29, 0.717) is 19.3 Å². The van der Waals surface area contributed by atoms with Gasteiger partial charge in [0.15, 0.2) is 11.5 Å². The number of nitrogens with zero attached hydrogens (tertiary/aromatic N) is 4. The first kappa shape index (κ1) is 15.7. The Morgan fingerprint density at radius 3 is 2.54 bits per heavy atom. The predicted molar refractivity (Wildman–Crippen MR) is 100 cm³/mol. The minimum Gasteiger partial charge on any atom is -0.486 e. The lowest BCUT2D eigenvalue weighted by atomic mass is 10.0. The van der Waals surface area contributed by atoms with Gasteiger partial charge >= 0.3 is 0 Å². The summed E-state index contributed by atoms with van der Waals surface area (Å²) in [5.41, 5.74) is 1.27. The minimum absolute atomic E-state index is 0.326. The average Bonchev–Trinajstić information content (AvgIpc) is 3.40. The van der Waals surface area contributed by atoms with Gasteiger partial charge in [0.2, 0.25) is 0 Å². The first-order valence-corrected chi connectivity index (χ1v) is 9.62. The van der Waals surface area contributed by atoms with Crippen LogP contribution in [-0.2, 0) is 0 Å². The first-order chi connectivity index (χ1) is 12.9. The van der Waals surface area contributed by atoms with Gasteiger partial charge in [0, 0.05) is 25.7 Å². The molecule has 0 aliphatic carbocycles. The Kier molecular flexibility index (Phi) is 4.03. The second kappa shape index (κ2) is 6.67. The largest absolute Gasteiger partial charge is 0.486 e. The van der Waals surface area contributed by atoms with Gasteiger partial charge in [0.25, 0.3) is 0 Å². The van der Waals surface area contributed by atoms with Crippen LogP contribution >= 0.6 is 0 Å². The molecule has 2 fully saturated rings. The number of aromatic nitrogens is 2. The molecule has 1 aromatic carbocycles. The van der Waals surface area contributed by atoms with Crippen molar-refractivity contribution >= 4 is 11.6 Å². The number of hydrogen-bond acceptors (Lipinski definition) is 6. The summed E-state index contributed by atoms with van der Waals surface area (Å²) in [6.45, 7) is 4.47. The highest BCUT2D eigenvalue weighted by Gasteiger charge is 2.29. The van der Waals surface area contributed by atoms with E-state index < -0.39 is 0 Å². The van der Waals surface area contributed by atoms with Crippen molar-refractivity contribution in [3.63, 3.8) is 0 Å². The monoisotopic (exact) mass is 352 g/mol. The van der Waals surface area contributed by atoms with Crippen LogP contribution in [0.1, 0.15) is 37.3 Å². The summed E-state index contributed by atoms with van der Waals surface area (Å²) in [7, 11) is 0. The van der Waals surface area contributed by atoms with Crippen molar-refractivity contribution in [2.24, 2.45) is 0 Å². The van der Waals surface area contributed by atoms with Crippen LogP contribution < -0.4 is 19.3 Å². The molecular formula is C20H24N4O2. The van der Waals surface area contributed by atoms with E-state index in [4.69, 9.17) is 9.47 Å². The summed E-state index contributed by atoms with van der Waals surface area (Å²) in [6, 6.07) is 8.82. The molecule has 5 rings (SSSR count). The van der Waals surface area contributed by atoms with Gasteiger partial charge in [-0.2, -0.15) is 0 Å². The fourth-order valence-corrected chi connectivity index (χ4v) is 4.27. The molecule has 0 saturated carbocycles. The molecule has 0 N–H and O–H groups in total. The number of hydrogen-bond donors (Lipinski definition) is 0. The highest BCUT2D eigenvalue weighted by molar-refractivity contribution is 5.54. The number of anilines is 2. The van der Waals surface area contributed by atoms with Crippen molar-refractivity contribution in [3.8, 4) is 11.5 Å². The summed E-state index contributed by atoms with van der Waals surface area (Å²) in [4.78, 5) is 13.9. The van der Waals surface area contributed by atoms with Crippen molar-refractivity contribution in [1.82, 2.24) is 9.97 Å². The highest BCUT2D eigenvalue weighted by atomic mass is 16.6. The van der Waals surface area contributed by atoms with E-state index in [1.54, 1.807) is 6.33 Å². The summed E-state index contributed by atoms with van der Waals surface area (Å²) in [5.74, 6) is 3.79. The molecule has 3 aliphatic heterocycles. The van der Waals surface area contributed by atoms with E-state index in [1.807, 2.05) is 6.07 Å². The van der Waals surface area contributed by atoms with Gasteiger partial charge in [-0.15, -0.1) is 0 Å². The highest BCUT2D eigenvalue weighted by Crippen LogP contribution is 2.40. The van der Waals surface area contributed by atoms with Crippen molar-refractivity contribution in [3.05, 3.63) is 36.2 Å². The average molecular weight is 352 g/mol.